The Hall–Kier alpha value is -9.73. The second kappa shape index (κ2) is 53.7. The number of rotatable bonds is 48. The Balaban J connectivity index is 0.000000289. The third-order valence-electron chi connectivity index (χ3n) is 21.2. The molecule has 3 saturated carbocycles. The maximum Gasteiger partial charge on any atom is 0.343 e. The molecule has 650 valence electrons. The van der Waals surface area contributed by atoms with Crippen LogP contribution in [0.2, 0.25) is 0 Å². The highest BCUT2D eigenvalue weighted by Gasteiger charge is 2.35. The van der Waals surface area contributed by atoms with E-state index in [2.05, 4.69) is 33.2 Å². The molecule has 0 atom stereocenters. The zero-order valence-corrected chi connectivity index (χ0v) is 71.5. The molecular weight excluding hydrogens is 1590 g/mol. The average Bonchev–Trinajstić information content (AvgIpc) is 0.840. The Morgan fingerprint density at radius 1 is 0.328 bits per heavy atom. The summed E-state index contributed by atoms with van der Waals surface area (Å²) in [5.41, 5.74) is 0.447. The lowest BCUT2D eigenvalue weighted by Gasteiger charge is -2.37. The zero-order chi connectivity index (χ0) is 86.3. The van der Waals surface area contributed by atoms with Crippen LogP contribution in [0.5, 0.6) is 34.5 Å². The van der Waals surface area contributed by atoms with Crippen LogP contribution < -0.4 is 28.4 Å². The largest absolute Gasteiger partial charge is 0.497 e. The Morgan fingerprint density at radius 2 is 0.597 bits per heavy atom. The highest BCUT2D eigenvalue weighted by molar-refractivity contribution is 7.92. The number of unbranched alkanes of at least 4 members (excludes halogenated alkanes) is 12. The Morgan fingerprint density at radius 3 is 0.908 bits per heavy atom. The fraction of sp³-hybridized carbons (Fsp3) is 0.500. The Bertz CT molecular complexity index is 4210. The van der Waals surface area contributed by atoms with Crippen LogP contribution in [0.25, 0.3) is 0 Å². The minimum atomic E-state index is -3.51. The first-order valence-corrected chi connectivity index (χ1v) is 46.6. The van der Waals surface area contributed by atoms with Gasteiger partial charge in [-0.1, -0.05) is 97.4 Å². The van der Waals surface area contributed by atoms with Crippen LogP contribution in [0.1, 0.15) is 210 Å². The summed E-state index contributed by atoms with van der Waals surface area (Å²) in [6, 6.07) is 31.3. The van der Waals surface area contributed by atoms with Crippen LogP contribution in [0.4, 0.5) is 0 Å². The number of carbonyl (C=O) groups excluding carboxylic acids is 8. The van der Waals surface area contributed by atoms with Gasteiger partial charge in [-0.2, -0.15) is 0 Å². The minimum absolute atomic E-state index is 0.0290. The molecule has 0 bridgehead atoms. The van der Waals surface area contributed by atoms with Crippen LogP contribution in [-0.4, -0.2) is 130 Å². The van der Waals surface area contributed by atoms with Crippen molar-refractivity contribution in [3.05, 3.63) is 178 Å². The second-order valence-electron chi connectivity index (χ2n) is 29.9. The van der Waals surface area contributed by atoms with Crippen molar-refractivity contribution in [2.75, 3.05) is 57.4 Å². The lowest BCUT2D eigenvalue weighted by atomic mass is 9.69. The van der Waals surface area contributed by atoms with Crippen LogP contribution >= 0.6 is 0 Å². The molecule has 0 amide bonds. The van der Waals surface area contributed by atoms with E-state index in [0.29, 0.717) is 125 Å². The maximum atomic E-state index is 12.8. The monoisotopic (exact) mass is 1700 g/mol. The highest BCUT2D eigenvalue weighted by Crippen LogP contribution is 2.43. The van der Waals surface area contributed by atoms with Crippen molar-refractivity contribution in [1.29, 1.82) is 0 Å². The van der Waals surface area contributed by atoms with E-state index in [0.717, 1.165) is 119 Å². The summed E-state index contributed by atoms with van der Waals surface area (Å²) in [5.74, 6) is 0.995. The topological polar surface area (TPSA) is 331 Å². The first-order chi connectivity index (χ1) is 57.3. The van der Waals surface area contributed by atoms with Crippen molar-refractivity contribution < 1.29 is 111 Å². The van der Waals surface area contributed by atoms with Crippen molar-refractivity contribution in [2.45, 2.75) is 214 Å². The molecule has 0 spiro atoms. The van der Waals surface area contributed by atoms with Crippen molar-refractivity contribution >= 4 is 77.3 Å². The number of sulfone groups is 3. The average molecular weight is 1710 g/mol. The standard InChI is InChI=1S/C38H48O12S2.C31H46O6S.C23H26O6/c1-3-35(39)47-25-9-5-7-11-27-51(43,44)33-21-17-31(18-22-33)49-37(41)29-13-15-30(16-14-29)38(42)50-32-19-23-34(24-20-32)52(45,46)28-12-8-6-10-26-48-36(40)4-2;1-3-9-24-10-12-25(13-11-24)26-14-16-27(17-15-26)31(33)37-28-18-20-29(21-19-28)38(34,35)23-8-6-5-7-22-36-30(32)4-2;1-3-22(24)28-17-7-5-4-6-16-27-20-10-8-18(9-11-20)23(25)29-21-14-12-19(26-2)13-15-21/h3-4,17-24,29-30H,1-2,5-16,25-28H2;4,18-21,24-27H,2-3,5-17,22-23H2,1H3;3,8-15H,1,4-7,16-17H2,2H3. The number of esters is 8. The van der Waals surface area contributed by atoms with Gasteiger partial charge < -0.3 is 47.4 Å². The van der Waals surface area contributed by atoms with E-state index in [1.165, 1.54) is 99.2 Å². The van der Waals surface area contributed by atoms with E-state index >= 15 is 0 Å². The van der Waals surface area contributed by atoms with Crippen molar-refractivity contribution in [3.63, 3.8) is 0 Å². The normalized spacial score (nSPS) is 17.1. The van der Waals surface area contributed by atoms with E-state index < -0.39 is 77.2 Å². The molecule has 3 fully saturated rings. The third-order valence-corrected chi connectivity index (χ3v) is 26.6. The highest BCUT2D eigenvalue weighted by atomic mass is 32.2. The molecule has 0 heterocycles. The van der Waals surface area contributed by atoms with Crippen LogP contribution in [0, 0.1) is 35.5 Å². The van der Waals surface area contributed by atoms with Crippen molar-refractivity contribution in [1.82, 2.24) is 0 Å². The smallest absolute Gasteiger partial charge is 0.343 e. The molecule has 0 aliphatic heterocycles. The lowest BCUT2D eigenvalue weighted by molar-refractivity contribution is -0.145. The molecule has 3 aliphatic carbocycles. The number of benzene rings is 5. The van der Waals surface area contributed by atoms with Gasteiger partial charge in [0.15, 0.2) is 29.5 Å². The van der Waals surface area contributed by atoms with E-state index in [-0.39, 0.29) is 74.5 Å². The van der Waals surface area contributed by atoms with E-state index in [1.54, 1.807) is 67.8 Å². The molecular formula is C92H120O24S3. The molecule has 0 unspecified atom stereocenters. The first-order valence-electron chi connectivity index (χ1n) is 41.7. The van der Waals surface area contributed by atoms with Gasteiger partial charge in [0.2, 0.25) is 0 Å². The fourth-order valence-corrected chi connectivity index (χ4v) is 18.4. The van der Waals surface area contributed by atoms with Crippen LogP contribution in [0.3, 0.4) is 0 Å². The third kappa shape index (κ3) is 37.2. The first kappa shape index (κ1) is 98.1. The fourth-order valence-electron chi connectivity index (χ4n) is 14.3. The summed E-state index contributed by atoms with van der Waals surface area (Å²) < 4.78 is 129. The van der Waals surface area contributed by atoms with E-state index in [4.69, 9.17) is 47.4 Å². The molecule has 5 aromatic carbocycles. The van der Waals surface area contributed by atoms with Crippen molar-refractivity contribution in [3.8, 4) is 34.5 Å². The zero-order valence-electron chi connectivity index (χ0n) is 69.0. The van der Waals surface area contributed by atoms with Crippen LogP contribution in [0.15, 0.2) is 187 Å². The Kier molecular flexibility index (Phi) is 44.3. The number of hydrogen-bond donors (Lipinski definition) is 0. The minimum Gasteiger partial charge on any atom is -0.497 e. The van der Waals surface area contributed by atoms with E-state index in [9.17, 15) is 63.6 Å². The van der Waals surface area contributed by atoms with Gasteiger partial charge in [0, 0.05) is 24.3 Å². The van der Waals surface area contributed by atoms with Gasteiger partial charge in [0.05, 0.1) is 95.4 Å². The van der Waals surface area contributed by atoms with E-state index in [1.807, 2.05) is 0 Å². The number of carbonyl (C=O) groups is 8. The predicted molar refractivity (Wildman–Crippen MR) is 452 cm³/mol. The summed E-state index contributed by atoms with van der Waals surface area (Å²) in [6.45, 7) is 17.5. The van der Waals surface area contributed by atoms with Gasteiger partial charge in [-0.15, -0.1) is 0 Å². The Labute approximate surface area is 703 Å². The molecule has 8 rings (SSSR count). The quantitative estimate of drug-likeness (QED) is 0.0115. The van der Waals surface area contributed by atoms with Gasteiger partial charge in [0.25, 0.3) is 0 Å². The van der Waals surface area contributed by atoms with Gasteiger partial charge in [-0.3, -0.25) is 14.4 Å². The number of hydrogen-bond acceptors (Lipinski definition) is 24. The molecule has 24 nitrogen and oxygen atoms in total. The SMILES string of the molecule is C=CC(=O)OCCCCCCOc1ccc(C(=O)Oc2ccc(OC)cc2)cc1.C=CC(=O)OCCCCCCS(=O)(=O)c1ccc(OC(=O)C2CCC(C(=O)Oc3ccc(S(=O)(=O)CCCCCCOC(=O)C=C)cc3)CC2)cc1.C=CC(=O)OCCCCCCS(=O)(=O)c1ccc(OC(=O)C2CCC(C3CCC(CCC)CC3)CC2)cc1. The summed E-state index contributed by atoms with van der Waals surface area (Å²) >= 11 is 0. The summed E-state index contributed by atoms with van der Waals surface area (Å²) in [4.78, 5) is 95.1. The van der Waals surface area contributed by atoms with Gasteiger partial charge in [-0.05, 0) is 267 Å². The number of ether oxygens (including phenoxy) is 10. The molecule has 0 aromatic heterocycles. The van der Waals surface area contributed by atoms with Gasteiger partial charge >= 0.3 is 47.8 Å². The van der Waals surface area contributed by atoms with Crippen molar-refractivity contribution in [2.24, 2.45) is 35.5 Å². The summed E-state index contributed by atoms with van der Waals surface area (Å²) in [7, 11) is -8.85. The molecule has 0 saturated heterocycles. The molecule has 0 N–H and O–H groups in total. The van der Waals surface area contributed by atoms with Gasteiger partial charge in [0.1, 0.15) is 34.5 Å². The van der Waals surface area contributed by atoms with Gasteiger partial charge in [-0.25, -0.2) is 49.2 Å². The molecule has 3 aliphatic rings. The maximum absolute atomic E-state index is 12.8. The predicted octanol–water partition coefficient (Wildman–Crippen LogP) is 17.8. The number of methoxy groups -OCH3 is 1. The molecule has 0 radical (unpaired) electrons. The summed E-state index contributed by atoms with van der Waals surface area (Å²) in [6.07, 6.45) is 29.7. The lowest BCUT2D eigenvalue weighted by Crippen LogP contribution is -2.30. The summed E-state index contributed by atoms with van der Waals surface area (Å²) in [5, 5.41) is 0. The van der Waals surface area contributed by atoms with Crippen LogP contribution in [-0.2, 0) is 82.0 Å². The molecule has 5 aromatic rings. The molecule has 27 heteroatoms. The second-order valence-corrected chi connectivity index (χ2v) is 36.3. The molecule has 119 heavy (non-hydrogen) atoms.